The first-order valence-corrected chi connectivity index (χ1v) is 20.3. The van der Waals surface area contributed by atoms with Gasteiger partial charge in [0.1, 0.15) is 11.5 Å². The van der Waals surface area contributed by atoms with Crippen molar-refractivity contribution in [3.63, 3.8) is 0 Å². The Morgan fingerprint density at radius 3 is 2.42 bits per heavy atom. The molecule has 0 aromatic carbocycles. The fourth-order valence-corrected chi connectivity index (χ4v) is 9.26. The lowest BCUT2D eigenvalue weighted by molar-refractivity contribution is -0.274. The number of hydrogen-bond donors (Lipinski definition) is 0. The quantitative estimate of drug-likeness (QED) is 0.0283. The van der Waals surface area contributed by atoms with Gasteiger partial charge in [-0.25, -0.2) is 9.59 Å². The summed E-state index contributed by atoms with van der Waals surface area (Å²) < 4.78 is 26.0. The van der Waals surface area contributed by atoms with Gasteiger partial charge in [-0.3, -0.25) is 9.59 Å². The number of Topliss-reactive ketones (excluding diaryl/α,β-unsaturated/α-hetero) is 2. The van der Waals surface area contributed by atoms with E-state index in [2.05, 4.69) is 31.6 Å². The smallest absolute Gasteiger partial charge is 0.343 e. The molecular formula is C37H50N2O8Si. The highest BCUT2D eigenvalue weighted by Crippen LogP contribution is 2.73. The molecule has 0 amide bonds. The van der Waals surface area contributed by atoms with E-state index in [1.165, 1.54) is 0 Å². The SMILES string of the molecule is C/C=C/CCCCCC1C=C2C3(C(=O)C=[N+]=[N-])CC4=C(C(=O)OC4=O)C4(C1)CC(C(=O)CC/C=C/C)OC24OC3O[Si](C)(C)C(C)(C)C. The Hall–Kier alpha value is -3.08. The second-order valence-electron chi connectivity index (χ2n) is 15.5. The molecule has 260 valence electrons. The molecule has 2 saturated heterocycles. The van der Waals surface area contributed by atoms with Gasteiger partial charge in [-0.1, -0.05) is 64.0 Å². The number of rotatable bonds is 14. The van der Waals surface area contributed by atoms with Crippen LogP contribution in [-0.2, 0) is 37.8 Å². The van der Waals surface area contributed by atoms with Crippen LogP contribution in [0.25, 0.3) is 5.53 Å². The zero-order valence-electron chi connectivity index (χ0n) is 29.4. The number of unbranched alkanes of at least 4 members (excludes halogenated alkanes) is 3. The first kappa shape index (κ1) is 36.2. The molecule has 6 atom stereocenters. The molecule has 3 heterocycles. The number of allylic oxidation sites excluding steroid dienone is 5. The van der Waals surface area contributed by atoms with Crippen molar-refractivity contribution in [2.75, 3.05) is 0 Å². The van der Waals surface area contributed by atoms with Crippen molar-refractivity contribution in [1.29, 1.82) is 0 Å². The van der Waals surface area contributed by atoms with Crippen molar-refractivity contribution >= 4 is 38.0 Å². The molecule has 2 aliphatic carbocycles. The standard InChI is InChI=1S/C37H50N2O8Si/c1-8-10-12-13-14-16-17-24-19-28-36(29(41)23-39-38)21-25-30(32(43)44-31(25)42)35(20-24)22-27(26(40)18-15-11-9-2)45-37(28,35)46-33(36)47-48(6,7)34(3,4)5/h8-11,19,23-24,27,33H,12-18,20-22H2,1-7H3/b10-8+,11-9+. The molecule has 11 heteroatoms. The average Bonchev–Trinajstić information content (AvgIpc) is 3.57. The van der Waals surface area contributed by atoms with Crippen molar-refractivity contribution in [2.45, 2.75) is 135 Å². The normalized spacial score (nSPS) is 32.6. The largest absolute Gasteiger partial charge is 0.391 e. The minimum absolute atomic E-state index is 0.0808. The molecule has 5 rings (SSSR count). The van der Waals surface area contributed by atoms with Gasteiger partial charge in [-0.2, -0.15) is 4.79 Å². The Labute approximate surface area is 284 Å². The van der Waals surface area contributed by atoms with Crippen molar-refractivity contribution in [3.05, 3.63) is 52.6 Å². The number of esters is 2. The lowest BCUT2D eigenvalue weighted by atomic mass is 9.58. The molecule has 0 saturated carbocycles. The first-order chi connectivity index (χ1) is 22.6. The highest BCUT2D eigenvalue weighted by molar-refractivity contribution is 6.74. The monoisotopic (exact) mass is 678 g/mol. The molecule has 0 radical (unpaired) electrons. The van der Waals surface area contributed by atoms with Gasteiger partial charge in [0, 0.05) is 18.4 Å². The Balaban J connectivity index is 1.73. The van der Waals surface area contributed by atoms with E-state index in [4.69, 9.17) is 18.6 Å². The Bertz CT molecular complexity index is 1550. The van der Waals surface area contributed by atoms with E-state index in [9.17, 15) is 24.7 Å². The predicted molar refractivity (Wildman–Crippen MR) is 181 cm³/mol. The van der Waals surface area contributed by atoms with Gasteiger partial charge in [-0.05, 0) is 76.4 Å². The summed E-state index contributed by atoms with van der Waals surface area (Å²) in [6.07, 6.45) is 14.3. The fraction of sp³-hybridized carbons (Fsp3) is 0.649. The molecular weight excluding hydrogens is 628 g/mol. The predicted octanol–water partition coefficient (Wildman–Crippen LogP) is 6.87. The molecule has 0 N–H and O–H groups in total. The first-order valence-electron chi connectivity index (χ1n) is 17.4. The Morgan fingerprint density at radius 1 is 1.04 bits per heavy atom. The number of carbonyl (C=O) groups excluding carboxylic acids is 4. The maximum Gasteiger partial charge on any atom is 0.343 e. The van der Waals surface area contributed by atoms with Crippen LogP contribution >= 0.6 is 0 Å². The molecule has 0 aromatic rings. The van der Waals surface area contributed by atoms with Crippen molar-refractivity contribution in [1.82, 2.24) is 0 Å². The second kappa shape index (κ2) is 13.3. The summed E-state index contributed by atoms with van der Waals surface area (Å²) in [5, 5.41) is -0.290. The van der Waals surface area contributed by atoms with E-state index in [0.717, 1.165) is 38.3 Å². The molecule has 0 aromatic heterocycles. The maximum atomic E-state index is 14.5. The summed E-state index contributed by atoms with van der Waals surface area (Å²) in [7, 11) is -2.68. The van der Waals surface area contributed by atoms with Crippen molar-refractivity contribution in [3.8, 4) is 0 Å². The summed E-state index contributed by atoms with van der Waals surface area (Å²) in [4.78, 5) is 58.7. The summed E-state index contributed by atoms with van der Waals surface area (Å²) in [5.74, 6) is -4.26. The van der Waals surface area contributed by atoms with Crippen LogP contribution in [0, 0.1) is 16.7 Å². The van der Waals surface area contributed by atoms with Crippen LogP contribution in [0.3, 0.4) is 0 Å². The zero-order valence-corrected chi connectivity index (χ0v) is 30.4. The van der Waals surface area contributed by atoms with Crippen LogP contribution in [0.5, 0.6) is 0 Å². The Kier molecular flexibility index (Phi) is 10.0. The third-order valence-electron chi connectivity index (χ3n) is 11.5. The van der Waals surface area contributed by atoms with Gasteiger partial charge in [0.05, 0.1) is 16.6 Å². The molecule has 3 aliphatic heterocycles. The van der Waals surface area contributed by atoms with Crippen molar-refractivity contribution in [2.24, 2.45) is 16.7 Å². The lowest BCUT2D eigenvalue weighted by Gasteiger charge is -2.47. The third kappa shape index (κ3) is 5.71. The van der Waals surface area contributed by atoms with Crippen LogP contribution in [0.2, 0.25) is 18.1 Å². The van der Waals surface area contributed by atoms with Gasteiger partial charge < -0.3 is 24.2 Å². The van der Waals surface area contributed by atoms with Crippen LogP contribution in [-0.4, -0.2) is 61.0 Å². The van der Waals surface area contributed by atoms with E-state index in [-0.39, 0.29) is 47.1 Å². The summed E-state index contributed by atoms with van der Waals surface area (Å²) in [6, 6.07) is 0. The van der Waals surface area contributed by atoms with Crippen LogP contribution in [0.4, 0.5) is 0 Å². The molecule has 6 unspecified atom stereocenters. The number of nitrogens with zero attached hydrogens (tertiary/aromatic N) is 2. The van der Waals surface area contributed by atoms with Gasteiger partial charge in [0.25, 0.3) is 5.78 Å². The zero-order chi connectivity index (χ0) is 35.1. The molecule has 1 spiro atoms. The fourth-order valence-electron chi connectivity index (χ4n) is 8.12. The van der Waals surface area contributed by atoms with Gasteiger partial charge in [0.2, 0.25) is 5.79 Å². The van der Waals surface area contributed by atoms with Crippen LogP contribution in [0.1, 0.15) is 98.8 Å². The van der Waals surface area contributed by atoms with E-state index in [1.54, 1.807) is 0 Å². The van der Waals surface area contributed by atoms with Gasteiger partial charge in [0.15, 0.2) is 20.4 Å². The minimum Gasteiger partial charge on any atom is -0.391 e. The highest BCUT2D eigenvalue weighted by atomic mass is 28.4. The average molecular weight is 679 g/mol. The third-order valence-corrected chi connectivity index (χ3v) is 15.9. The molecule has 10 nitrogen and oxygen atoms in total. The van der Waals surface area contributed by atoms with Crippen LogP contribution < -0.4 is 0 Å². The lowest BCUT2D eigenvalue weighted by Crippen LogP contribution is -2.53. The summed E-state index contributed by atoms with van der Waals surface area (Å²) >= 11 is 0. The molecule has 5 aliphatic rings. The molecule has 2 fully saturated rings. The van der Waals surface area contributed by atoms with Crippen LogP contribution in [0.15, 0.2) is 47.1 Å². The number of ether oxygens (including phenoxy) is 3. The number of carbonyl (C=O) groups is 4. The second-order valence-corrected chi connectivity index (χ2v) is 20.2. The maximum absolute atomic E-state index is 14.5. The van der Waals surface area contributed by atoms with Crippen molar-refractivity contribution < 1.29 is 42.6 Å². The number of ketones is 2. The highest BCUT2D eigenvalue weighted by Gasteiger charge is 2.81. The van der Waals surface area contributed by atoms with E-state index < -0.39 is 55.1 Å². The summed E-state index contributed by atoms with van der Waals surface area (Å²) in [6.45, 7) is 14.2. The van der Waals surface area contributed by atoms with E-state index >= 15 is 0 Å². The topological polar surface area (TPSA) is 142 Å². The van der Waals surface area contributed by atoms with Gasteiger partial charge >= 0.3 is 18.2 Å². The minimum atomic E-state index is -2.68. The van der Waals surface area contributed by atoms with Gasteiger partial charge in [-0.15, -0.1) is 0 Å². The molecule has 4 bridgehead atoms. The molecule has 48 heavy (non-hydrogen) atoms. The van der Waals surface area contributed by atoms with E-state index in [0.29, 0.717) is 18.4 Å². The Morgan fingerprint density at radius 2 is 1.75 bits per heavy atom. The van der Waals surface area contributed by atoms with E-state index in [1.807, 2.05) is 51.2 Å². The summed E-state index contributed by atoms with van der Waals surface area (Å²) in [5.41, 5.74) is 7.37. The number of cyclic esters (lactones) is 2. The number of hydrogen-bond acceptors (Lipinski definition) is 8.